The highest BCUT2D eigenvalue weighted by Gasteiger charge is 2.39. The van der Waals surface area contributed by atoms with E-state index in [2.05, 4.69) is 91.5 Å². The second-order valence-electron chi connectivity index (χ2n) is 8.42. The van der Waals surface area contributed by atoms with Gasteiger partial charge in [0.25, 0.3) is 0 Å². The Bertz CT molecular complexity index is 985. The average molecular weight is 432 g/mol. The van der Waals surface area contributed by atoms with Crippen LogP contribution in [0.2, 0.25) is 0 Å². The van der Waals surface area contributed by atoms with Crippen molar-refractivity contribution in [3.63, 3.8) is 0 Å². The second-order valence-corrected chi connectivity index (χ2v) is 9.47. The largest absolute Gasteiger partial charge is 0.379 e. The molecule has 1 aliphatic carbocycles. The molecule has 31 heavy (non-hydrogen) atoms. The molecule has 0 fully saturated rings. The van der Waals surface area contributed by atoms with E-state index in [4.69, 9.17) is 0 Å². The van der Waals surface area contributed by atoms with E-state index < -0.39 is 5.60 Å². The molecule has 2 nitrogen and oxygen atoms in total. The highest BCUT2D eigenvalue weighted by atomic mass is 32.2. The number of thioether (sulfide) groups is 1. The summed E-state index contributed by atoms with van der Waals surface area (Å²) >= 11 is 1.73. The van der Waals surface area contributed by atoms with Gasteiger partial charge in [-0.05, 0) is 72.8 Å². The second kappa shape index (κ2) is 10.0. The summed E-state index contributed by atoms with van der Waals surface area (Å²) in [4.78, 5) is 3.69. The van der Waals surface area contributed by atoms with Gasteiger partial charge in [0.15, 0.2) is 0 Å². The molecule has 162 valence electrons. The lowest BCUT2D eigenvalue weighted by molar-refractivity contribution is 0.107. The van der Waals surface area contributed by atoms with Crippen molar-refractivity contribution in [3.05, 3.63) is 101 Å². The zero-order valence-electron chi connectivity index (χ0n) is 18.6. The Morgan fingerprint density at radius 3 is 2.26 bits per heavy atom. The molecular weight excluding hydrogens is 398 g/mol. The summed E-state index contributed by atoms with van der Waals surface area (Å²) in [5.41, 5.74) is 3.73. The van der Waals surface area contributed by atoms with E-state index in [9.17, 15) is 5.11 Å². The summed E-state index contributed by atoms with van der Waals surface area (Å²) in [6.45, 7) is 7.72. The number of rotatable bonds is 8. The van der Waals surface area contributed by atoms with E-state index in [0.717, 1.165) is 43.6 Å². The van der Waals surface area contributed by atoms with E-state index in [-0.39, 0.29) is 0 Å². The van der Waals surface area contributed by atoms with Gasteiger partial charge in [-0.2, -0.15) is 0 Å². The van der Waals surface area contributed by atoms with Gasteiger partial charge in [0.05, 0.1) is 0 Å². The van der Waals surface area contributed by atoms with Crippen molar-refractivity contribution in [1.29, 1.82) is 0 Å². The predicted octanol–water partition coefficient (Wildman–Crippen LogP) is 6.09. The third-order valence-corrected chi connectivity index (χ3v) is 7.82. The molecule has 0 saturated heterocycles. The summed E-state index contributed by atoms with van der Waals surface area (Å²) in [6, 6.07) is 27.5. The van der Waals surface area contributed by atoms with Crippen LogP contribution >= 0.6 is 11.8 Å². The van der Waals surface area contributed by atoms with E-state index >= 15 is 0 Å². The van der Waals surface area contributed by atoms with Crippen LogP contribution in [0.15, 0.2) is 83.8 Å². The molecule has 0 amide bonds. The van der Waals surface area contributed by atoms with Crippen molar-refractivity contribution in [1.82, 2.24) is 4.90 Å². The summed E-state index contributed by atoms with van der Waals surface area (Å²) in [7, 11) is 0. The van der Waals surface area contributed by atoms with Crippen LogP contribution < -0.4 is 0 Å². The first kappa shape index (κ1) is 22.1. The van der Waals surface area contributed by atoms with Crippen molar-refractivity contribution in [2.45, 2.75) is 43.1 Å². The minimum atomic E-state index is -1.00. The minimum Gasteiger partial charge on any atom is -0.379 e. The van der Waals surface area contributed by atoms with Crippen LogP contribution in [-0.4, -0.2) is 35.4 Å². The summed E-state index contributed by atoms with van der Waals surface area (Å²) in [6.07, 6.45) is 2.09. The van der Waals surface area contributed by atoms with Crippen molar-refractivity contribution in [2.24, 2.45) is 0 Å². The van der Waals surface area contributed by atoms with Crippen LogP contribution in [0, 0.1) is 0 Å². The molecule has 0 saturated carbocycles. The fraction of sp³-hybridized carbons (Fsp3) is 0.357. The smallest absolute Gasteiger partial charge is 0.124 e. The van der Waals surface area contributed by atoms with E-state index in [1.807, 2.05) is 6.07 Å². The standard InChI is InChI=1S/C28H33NOS/c1-3-29(4-2)19-18-22-20-23-12-8-10-16-26(23)28(30,27-17-11-9-15-25(22)27)21-31-24-13-6-5-7-14-24/h5-17,22,30H,3-4,18-21H2,1-2H3. The average Bonchev–Trinajstić information content (AvgIpc) is 2.93. The number of aliphatic hydroxyl groups is 1. The molecule has 3 aromatic carbocycles. The quantitative estimate of drug-likeness (QED) is 0.437. The lowest BCUT2D eigenvalue weighted by atomic mass is 9.83. The van der Waals surface area contributed by atoms with Gasteiger partial charge in [-0.3, -0.25) is 0 Å². The number of nitrogens with zero attached hydrogens (tertiary/aromatic N) is 1. The Kier molecular flexibility index (Phi) is 7.16. The predicted molar refractivity (Wildman–Crippen MR) is 132 cm³/mol. The Labute approximate surface area is 191 Å². The van der Waals surface area contributed by atoms with Gasteiger partial charge in [-0.15, -0.1) is 11.8 Å². The molecule has 0 aromatic heterocycles. The molecular formula is C28H33NOS. The van der Waals surface area contributed by atoms with Crippen molar-refractivity contribution < 1.29 is 5.11 Å². The first-order valence-electron chi connectivity index (χ1n) is 11.5. The fourth-order valence-electron chi connectivity index (χ4n) is 4.85. The highest BCUT2D eigenvalue weighted by Crippen LogP contribution is 2.45. The normalized spacial score (nSPS) is 20.2. The first-order chi connectivity index (χ1) is 15.2. The van der Waals surface area contributed by atoms with Gasteiger partial charge >= 0.3 is 0 Å². The van der Waals surface area contributed by atoms with Crippen molar-refractivity contribution in [2.75, 3.05) is 25.4 Å². The van der Waals surface area contributed by atoms with Crippen LogP contribution in [0.4, 0.5) is 0 Å². The van der Waals surface area contributed by atoms with Gasteiger partial charge in [0.1, 0.15) is 5.60 Å². The SMILES string of the molecule is CCN(CC)CCC1Cc2ccccc2C(O)(CSc2ccccc2)c2ccccc21. The van der Waals surface area contributed by atoms with E-state index in [0.29, 0.717) is 11.7 Å². The zero-order chi connectivity index (χ0) is 21.7. The Hall–Kier alpha value is -2.07. The Morgan fingerprint density at radius 1 is 0.871 bits per heavy atom. The summed E-state index contributed by atoms with van der Waals surface area (Å²) in [5.74, 6) is 1.02. The lowest BCUT2D eigenvalue weighted by Crippen LogP contribution is -2.31. The van der Waals surface area contributed by atoms with E-state index in [1.165, 1.54) is 16.0 Å². The van der Waals surface area contributed by atoms with E-state index in [1.54, 1.807) is 11.8 Å². The molecule has 3 heteroatoms. The van der Waals surface area contributed by atoms with Crippen LogP contribution in [0.25, 0.3) is 0 Å². The first-order valence-corrected chi connectivity index (χ1v) is 12.4. The van der Waals surface area contributed by atoms with Crippen LogP contribution in [-0.2, 0) is 12.0 Å². The monoisotopic (exact) mass is 431 g/mol. The fourth-order valence-corrected chi connectivity index (χ4v) is 5.88. The van der Waals surface area contributed by atoms with Crippen LogP contribution in [0.5, 0.6) is 0 Å². The third kappa shape index (κ3) is 4.74. The molecule has 2 unspecified atom stereocenters. The van der Waals surface area contributed by atoms with Gasteiger partial charge in [0, 0.05) is 10.6 Å². The number of hydrogen-bond acceptors (Lipinski definition) is 3. The molecule has 3 aromatic rings. The van der Waals surface area contributed by atoms with Crippen molar-refractivity contribution in [3.8, 4) is 0 Å². The van der Waals surface area contributed by atoms with Gasteiger partial charge in [-0.25, -0.2) is 0 Å². The molecule has 0 bridgehead atoms. The molecule has 4 rings (SSSR count). The highest BCUT2D eigenvalue weighted by molar-refractivity contribution is 7.99. The van der Waals surface area contributed by atoms with Crippen LogP contribution in [0.3, 0.4) is 0 Å². The molecule has 2 atom stereocenters. The number of fused-ring (bicyclic) bond motifs is 2. The molecule has 0 spiro atoms. The Morgan fingerprint density at radius 2 is 1.52 bits per heavy atom. The minimum absolute atomic E-state index is 0.411. The van der Waals surface area contributed by atoms with Crippen LogP contribution in [0.1, 0.15) is 48.4 Å². The Balaban J connectivity index is 1.73. The molecule has 0 aliphatic heterocycles. The molecule has 0 heterocycles. The maximum Gasteiger partial charge on any atom is 0.124 e. The van der Waals surface area contributed by atoms with Gasteiger partial charge in [0.2, 0.25) is 0 Å². The number of benzene rings is 3. The maximum atomic E-state index is 12.3. The number of hydrogen-bond donors (Lipinski definition) is 1. The molecule has 1 N–H and O–H groups in total. The van der Waals surface area contributed by atoms with Gasteiger partial charge in [-0.1, -0.05) is 80.6 Å². The topological polar surface area (TPSA) is 23.5 Å². The summed E-state index contributed by atoms with van der Waals surface area (Å²) < 4.78 is 0. The summed E-state index contributed by atoms with van der Waals surface area (Å²) in [5, 5.41) is 12.3. The molecule has 0 radical (unpaired) electrons. The van der Waals surface area contributed by atoms with Gasteiger partial charge < -0.3 is 10.0 Å². The van der Waals surface area contributed by atoms with Crippen molar-refractivity contribution >= 4 is 11.8 Å². The third-order valence-electron chi connectivity index (χ3n) is 6.65. The lowest BCUT2D eigenvalue weighted by Gasteiger charge is -2.31. The zero-order valence-corrected chi connectivity index (χ0v) is 19.4. The molecule has 1 aliphatic rings. The maximum absolute atomic E-state index is 12.3.